The van der Waals surface area contributed by atoms with Gasteiger partial charge in [-0.25, -0.2) is 9.89 Å². The number of benzene rings is 1. The van der Waals surface area contributed by atoms with Crippen molar-refractivity contribution in [1.29, 1.82) is 0 Å². The summed E-state index contributed by atoms with van der Waals surface area (Å²) in [5, 5.41) is 17.4. The lowest BCUT2D eigenvalue weighted by molar-refractivity contribution is 0.497. The van der Waals surface area contributed by atoms with E-state index in [9.17, 15) is 4.79 Å². The number of dihydropyridines is 1. The average molecular weight is 457 g/mol. The summed E-state index contributed by atoms with van der Waals surface area (Å²) in [6.45, 7) is 5.49. The number of hydrogen-bond acceptors (Lipinski definition) is 5. The van der Waals surface area contributed by atoms with Crippen molar-refractivity contribution in [2.45, 2.75) is 45.2 Å². The predicted octanol–water partition coefficient (Wildman–Crippen LogP) is 3.16. The van der Waals surface area contributed by atoms with Crippen molar-refractivity contribution in [1.82, 2.24) is 39.6 Å². The summed E-state index contributed by atoms with van der Waals surface area (Å²) in [6.07, 6.45) is 13.8. The fourth-order valence-electron chi connectivity index (χ4n) is 4.60. The van der Waals surface area contributed by atoms with Crippen molar-refractivity contribution in [2.75, 3.05) is 0 Å². The molecular formula is C25H28N8O. The lowest BCUT2D eigenvalue weighted by Crippen LogP contribution is -2.36. The minimum atomic E-state index is -0.514. The summed E-state index contributed by atoms with van der Waals surface area (Å²) >= 11 is 0. The van der Waals surface area contributed by atoms with Gasteiger partial charge in [0.05, 0.1) is 5.41 Å². The molecule has 1 aliphatic heterocycles. The molecule has 0 spiro atoms. The highest BCUT2D eigenvalue weighted by atomic mass is 16.1. The van der Waals surface area contributed by atoms with Gasteiger partial charge in [0.15, 0.2) is 5.82 Å². The van der Waals surface area contributed by atoms with E-state index >= 15 is 0 Å². The van der Waals surface area contributed by atoms with Gasteiger partial charge in [-0.05, 0) is 59.9 Å². The van der Waals surface area contributed by atoms with Crippen LogP contribution in [0, 0.1) is 0 Å². The standard InChI is InChI=1S/C25H28N8O/c1-3-7-21-17-32(22-10-6-15-31(22)4-2)24(34)33(21)18-25(11-13-26-14-12-25)20-9-5-8-19(16-20)23-27-29-30-28-23/h5-6,8-17,26H,3-4,7,18H2,1-2H3,(H,27,28,29,30). The Morgan fingerprint density at radius 1 is 1.09 bits per heavy atom. The third-order valence-corrected chi connectivity index (χ3v) is 6.35. The number of nitrogens with one attached hydrogen (secondary N) is 2. The number of tetrazole rings is 1. The zero-order chi connectivity index (χ0) is 23.5. The molecule has 2 N–H and O–H groups in total. The van der Waals surface area contributed by atoms with Gasteiger partial charge in [-0.2, -0.15) is 0 Å². The zero-order valence-electron chi connectivity index (χ0n) is 19.3. The maximum absolute atomic E-state index is 13.7. The van der Waals surface area contributed by atoms with E-state index in [1.165, 1.54) is 0 Å². The summed E-state index contributed by atoms with van der Waals surface area (Å²) in [7, 11) is 0. The number of aromatic amines is 1. The van der Waals surface area contributed by atoms with Gasteiger partial charge in [-0.3, -0.25) is 9.13 Å². The molecule has 9 heteroatoms. The van der Waals surface area contributed by atoms with Gasteiger partial charge in [-0.15, -0.1) is 5.10 Å². The van der Waals surface area contributed by atoms with Crippen molar-refractivity contribution in [3.63, 3.8) is 0 Å². The third-order valence-electron chi connectivity index (χ3n) is 6.35. The highest BCUT2D eigenvalue weighted by Gasteiger charge is 2.31. The molecule has 0 radical (unpaired) electrons. The van der Waals surface area contributed by atoms with E-state index in [2.05, 4.69) is 68.6 Å². The van der Waals surface area contributed by atoms with Crippen LogP contribution < -0.4 is 11.0 Å². The predicted molar refractivity (Wildman–Crippen MR) is 130 cm³/mol. The maximum Gasteiger partial charge on any atom is 0.334 e. The van der Waals surface area contributed by atoms with Gasteiger partial charge in [0, 0.05) is 36.7 Å². The summed E-state index contributed by atoms with van der Waals surface area (Å²) in [5.74, 6) is 1.49. The van der Waals surface area contributed by atoms with Crippen LogP contribution >= 0.6 is 0 Å². The summed E-state index contributed by atoms with van der Waals surface area (Å²) in [6, 6.07) is 12.1. The smallest absolute Gasteiger partial charge is 0.334 e. The molecule has 174 valence electrons. The number of aryl methyl sites for hydroxylation is 2. The van der Waals surface area contributed by atoms with Crippen molar-refractivity contribution in [3.8, 4) is 17.2 Å². The van der Waals surface area contributed by atoms with Crippen LogP contribution in [0.2, 0.25) is 0 Å². The Kier molecular flexibility index (Phi) is 5.75. The Hall–Kier alpha value is -4.14. The van der Waals surface area contributed by atoms with E-state index < -0.39 is 5.41 Å². The lowest BCUT2D eigenvalue weighted by Gasteiger charge is -2.31. The first-order chi connectivity index (χ1) is 16.6. The maximum atomic E-state index is 13.7. The molecular weight excluding hydrogens is 428 g/mol. The lowest BCUT2D eigenvalue weighted by atomic mass is 9.78. The number of hydrogen-bond donors (Lipinski definition) is 2. The Bertz CT molecular complexity index is 1370. The van der Waals surface area contributed by atoms with Crippen LogP contribution in [0.4, 0.5) is 0 Å². The van der Waals surface area contributed by atoms with Crippen LogP contribution in [0.25, 0.3) is 17.2 Å². The highest BCUT2D eigenvalue weighted by molar-refractivity contribution is 5.57. The van der Waals surface area contributed by atoms with Crippen LogP contribution in [0.1, 0.15) is 31.5 Å². The second-order valence-electron chi connectivity index (χ2n) is 8.47. The van der Waals surface area contributed by atoms with Gasteiger partial charge in [0.25, 0.3) is 0 Å². The fraction of sp³-hybridized carbons (Fsp3) is 0.280. The molecule has 4 aromatic rings. The highest BCUT2D eigenvalue weighted by Crippen LogP contribution is 2.33. The first-order valence-electron chi connectivity index (χ1n) is 11.6. The fourth-order valence-corrected chi connectivity index (χ4v) is 4.60. The number of rotatable bonds is 8. The molecule has 9 nitrogen and oxygen atoms in total. The molecule has 0 saturated carbocycles. The number of H-pyrrole nitrogens is 1. The molecule has 0 amide bonds. The molecule has 1 aliphatic rings. The van der Waals surface area contributed by atoms with Gasteiger partial charge in [0.1, 0.15) is 5.82 Å². The van der Waals surface area contributed by atoms with E-state index in [-0.39, 0.29) is 5.69 Å². The number of allylic oxidation sites excluding steroid dienone is 2. The zero-order valence-corrected chi connectivity index (χ0v) is 19.3. The average Bonchev–Trinajstić information content (AvgIpc) is 3.62. The summed E-state index contributed by atoms with van der Waals surface area (Å²) < 4.78 is 5.77. The van der Waals surface area contributed by atoms with E-state index in [1.807, 2.05) is 53.6 Å². The van der Waals surface area contributed by atoms with Crippen LogP contribution in [0.15, 0.2) is 78.1 Å². The van der Waals surface area contributed by atoms with Crippen LogP contribution in [-0.4, -0.2) is 34.3 Å². The summed E-state index contributed by atoms with van der Waals surface area (Å²) in [4.78, 5) is 13.7. The molecule has 4 heterocycles. The quantitative estimate of drug-likeness (QED) is 0.424. The minimum Gasteiger partial charge on any atom is -0.368 e. The molecule has 5 rings (SSSR count). The van der Waals surface area contributed by atoms with Crippen LogP contribution in [0.5, 0.6) is 0 Å². The number of nitrogens with zero attached hydrogens (tertiary/aromatic N) is 6. The second kappa shape index (κ2) is 9.01. The van der Waals surface area contributed by atoms with Crippen molar-refractivity contribution in [3.05, 3.63) is 95.1 Å². The first kappa shape index (κ1) is 21.7. The molecule has 0 saturated heterocycles. The van der Waals surface area contributed by atoms with E-state index in [0.29, 0.717) is 12.4 Å². The normalized spacial score (nSPS) is 14.4. The topological polar surface area (TPSA) is 98.3 Å². The van der Waals surface area contributed by atoms with Gasteiger partial charge >= 0.3 is 5.69 Å². The Labute approximate surface area is 197 Å². The van der Waals surface area contributed by atoms with Gasteiger partial charge in [0.2, 0.25) is 0 Å². The second-order valence-corrected chi connectivity index (χ2v) is 8.47. The molecule has 0 fully saturated rings. The number of aromatic nitrogens is 7. The van der Waals surface area contributed by atoms with E-state index in [4.69, 9.17) is 0 Å². The van der Waals surface area contributed by atoms with Crippen molar-refractivity contribution in [2.24, 2.45) is 0 Å². The Balaban J connectivity index is 1.62. The minimum absolute atomic E-state index is 0.0350. The number of imidazole rings is 1. The molecule has 0 atom stereocenters. The SMILES string of the molecule is CCCc1cn(-c2cccn2CC)c(=O)n1CC1(c2cccc(-c3nnn[nH]3)c2)C=CNC=C1. The Morgan fingerprint density at radius 2 is 1.94 bits per heavy atom. The summed E-state index contributed by atoms with van der Waals surface area (Å²) in [5.41, 5.74) is 2.41. The third kappa shape index (κ3) is 3.79. The molecule has 0 bridgehead atoms. The first-order valence-corrected chi connectivity index (χ1v) is 11.6. The van der Waals surface area contributed by atoms with Crippen LogP contribution in [-0.2, 0) is 24.9 Å². The molecule has 34 heavy (non-hydrogen) atoms. The molecule has 0 unspecified atom stereocenters. The largest absolute Gasteiger partial charge is 0.368 e. The Morgan fingerprint density at radius 3 is 2.68 bits per heavy atom. The van der Waals surface area contributed by atoms with Crippen molar-refractivity contribution < 1.29 is 0 Å². The van der Waals surface area contributed by atoms with Crippen LogP contribution in [0.3, 0.4) is 0 Å². The monoisotopic (exact) mass is 456 g/mol. The molecule has 1 aromatic carbocycles. The van der Waals surface area contributed by atoms with Gasteiger partial charge < -0.3 is 9.88 Å². The van der Waals surface area contributed by atoms with E-state index in [1.54, 1.807) is 4.57 Å². The van der Waals surface area contributed by atoms with Crippen molar-refractivity contribution >= 4 is 0 Å². The molecule has 0 aliphatic carbocycles. The van der Waals surface area contributed by atoms with Gasteiger partial charge in [-0.1, -0.05) is 43.7 Å². The van der Waals surface area contributed by atoms with E-state index in [0.717, 1.165) is 42.0 Å². The molecule has 3 aromatic heterocycles.